The van der Waals surface area contributed by atoms with E-state index in [0.29, 0.717) is 24.4 Å². The number of anilines is 1. The fourth-order valence-corrected chi connectivity index (χ4v) is 5.63. The molecule has 1 heterocycles. The van der Waals surface area contributed by atoms with Crippen LogP contribution in [0.2, 0.25) is 5.02 Å². The number of nitrogens with one attached hydrogen (secondary N) is 1. The molecule has 1 atom stereocenters. The number of hydrogen-bond acceptors (Lipinski definition) is 4. The van der Waals surface area contributed by atoms with Crippen molar-refractivity contribution in [2.75, 3.05) is 24.2 Å². The van der Waals surface area contributed by atoms with Crippen LogP contribution in [0.1, 0.15) is 19.8 Å². The standard InChI is InChI=1S/C20H23ClN2O3S2/c1-2-27-19-8-4-3-7-18(19)22-20(24)15-6-5-13-23(14-15)28(25,26)17-11-9-16(21)10-12-17/h3-4,7-12,15H,2,5-6,13-14H2,1H3,(H,22,24). The lowest BCUT2D eigenvalue weighted by Crippen LogP contribution is -2.43. The molecule has 28 heavy (non-hydrogen) atoms. The van der Waals surface area contributed by atoms with Gasteiger partial charge in [0, 0.05) is 23.0 Å². The van der Waals surface area contributed by atoms with E-state index >= 15 is 0 Å². The molecule has 0 radical (unpaired) electrons. The summed E-state index contributed by atoms with van der Waals surface area (Å²) in [6.07, 6.45) is 1.32. The van der Waals surface area contributed by atoms with Crippen LogP contribution in [0.5, 0.6) is 0 Å². The molecule has 1 aliphatic heterocycles. The monoisotopic (exact) mass is 438 g/mol. The number of hydrogen-bond donors (Lipinski definition) is 1. The van der Waals surface area contributed by atoms with E-state index in [2.05, 4.69) is 12.2 Å². The van der Waals surface area contributed by atoms with Crippen molar-refractivity contribution in [2.45, 2.75) is 29.6 Å². The van der Waals surface area contributed by atoms with Crippen LogP contribution in [-0.4, -0.2) is 37.5 Å². The maximum atomic E-state index is 12.9. The molecule has 150 valence electrons. The molecular weight excluding hydrogens is 416 g/mol. The zero-order valence-corrected chi connectivity index (χ0v) is 18.0. The average Bonchev–Trinajstić information content (AvgIpc) is 2.70. The maximum Gasteiger partial charge on any atom is 0.243 e. The third-order valence-electron chi connectivity index (χ3n) is 4.65. The normalized spacial score (nSPS) is 18.0. The van der Waals surface area contributed by atoms with Crippen molar-refractivity contribution >= 4 is 45.0 Å². The summed E-state index contributed by atoms with van der Waals surface area (Å²) in [4.78, 5) is 14.0. The Bertz CT molecular complexity index is 933. The number of para-hydroxylation sites is 1. The Morgan fingerprint density at radius 1 is 1.21 bits per heavy atom. The van der Waals surface area contributed by atoms with Gasteiger partial charge in [0.1, 0.15) is 0 Å². The highest BCUT2D eigenvalue weighted by atomic mass is 35.5. The van der Waals surface area contributed by atoms with Crippen LogP contribution >= 0.6 is 23.4 Å². The quantitative estimate of drug-likeness (QED) is 0.674. The van der Waals surface area contributed by atoms with Gasteiger partial charge in [-0.2, -0.15) is 4.31 Å². The summed E-state index contributed by atoms with van der Waals surface area (Å²) in [5, 5.41) is 3.47. The topological polar surface area (TPSA) is 66.5 Å². The van der Waals surface area contributed by atoms with Gasteiger partial charge >= 0.3 is 0 Å². The molecule has 0 aliphatic carbocycles. The molecule has 0 aromatic heterocycles. The van der Waals surface area contributed by atoms with Crippen LogP contribution in [0.15, 0.2) is 58.3 Å². The molecule has 1 amide bonds. The number of nitrogens with zero attached hydrogens (tertiary/aromatic N) is 1. The van der Waals surface area contributed by atoms with Crippen molar-refractivity contribution in [1.29, 1.82) is 0 Å². The summed E-state index contributed by atoms with van der Waals surface area (Å²) in [6, 6.07) is 13.8. The molecule has 3 rings (SSSR count). The SMILES string of the molecule is CCSc1ccccc1NC(=O)C1CCCN(S(=O)(=O)c2ccc(Cl)cc2)C1. The average molecular weight is 439 g/mol. The minimum Gasteiger partial charge on any atom is -0.325 e. The van der Waals surface area contributed by atoms with E-state index in [1.165, 1.54) is 16.4 Å². The van der Waals surface area contributed by atoms with Crippen molar-refractivity contribution < 1.29 is 13.2 Å². The van der Waals surface area contributed by atoms with E-state index in [1.54, 1.807) is 23.9 Å². The van der Waals surface area contributed by atoms with Crippen LogP contribution in [0.3, 0.4) is 0 Å². The molecule has 1 aliphatic rings. The predicted molar refractivity (Wildman–Crippen MR) is 114 cm³/mol. The van der Waals surface area contributed by atoms with Crippen molar-refractivity contribution in [3.63, 3.8) is 0 Å². The van der Waals surface area contributed by atoms with Gasteiger partial charge in [-0.3, -0.25) is 4.79 Å². The second kappa shape index (κ2) is 9.31. The molecular formula is C20H23ClN2O3S2. The number of sulfonamides is 1. The van der Waals surface area contributed by atoms with Gasteiger partial charge in [-0.1, -0.05) is 30.7 Å². The fourth-order valence-electron chi connectivity index (χ4n) is 3.22. The molecule has 0 bridgehead atoms. The van der Waals surface area contributed by atoms with E-state index in [-0.39, 0.29) is 23.3 Å². The maximum absolute atomic E-state index is 12.9. The number of carbonyl (C=O) groups excluding carboxylic acids is 1. The summed E-state index contributed by atoms with van der Waals surface area (Å²) in [7, 11) is -3.64. The highest BCUT2D eigenvalue weighted by Gasteiger charge is 2.33. The molecule has 5 nitrogen and oxygen atoms in total. The van der Waals surface area contributed by atoms with Gasteiger partial charge < -0.3 is 5.32 Å². The molecule has 0 saturated carbocycles. The lowest BCUT2D eigenvalue weighted by molar-refractivity contribution is -0.120. The molecule has 2 aromatic carbocycles. The summed E-state index contributed by atoms with van der Waals surface area (Å²) in [5.41, 5.74) is 0.775. The van der Waals surface area contributed by atoms with Gasteiger partial charge in [-0.15, -0.1) is 11.8 Å². The van der Waals surface area contributed by atoms with E-state index in [1.807, 2.05) is 24.3 Å². The summed E-state index contributed by atoms with van der Waals surface area (Å²) < 4.78 is 27.2. The number of halogens is 1. The Balaban J connectivity index is 1.72. The van der Waals surface area contributed by atoms with E-state index in [0.717, 1.165) is 16.3 Å². The predicted octanol–water partition coefficient (Wildman–Crippen LogP) is 4.49. The third-order valence-corrected chi connectivity index (χ3v) is 7.74. The van der Waals surface area contributed by atoms with Gasteiger partial charge in [0.15, 0.2) is 0 Å². The highest BCUT2D eigenvalue weighted by Crippen LogP contribution is 2.29. The fraction of sp³-hybridized carbons (Fsp3) is 0.350. The Morgan fingerprint density at radius 2 is 1.93 bits per heavy atom. The first-order valence-electron chi connectivity index (χ1n) is 9.20. The molecule has 2 aromatic rings. The Kier molecular flexibility index (Phi) is 7.04. The first-order chi connectivity index (χ1) is 13.4. The number of carbonyl (C=O) groups is 1. The molecule has 8 heteroatoms. The van der Waals surface area contributed by atoms with Gasteiger partial charge in [0.05, 0.1) is 16.5 Å². The molecule has 1 saturated heterocycles. The van der Waals surface area contributed by atoms with E-state index in [4.69, 9.17) is 11.6 Å². The van der Waals surface area contributed by atoms with Gasteiger partial charge in [0.2, 0.25) is 15.9 Å². The minimum atomic E-state index is -3.64. The van der Waals surface area contributed by atoms with Crippen LogP contribution in [0.4, 0.5) is 5.69 Å². The van der Waals surface area contributed by atoms with Gasteiger partial charge in [-0.05, 0) is 55.0 Å². The number of thioether (sulfide) groups is 1. The number of benzene rings is 2. The van der Waals surface area contributed by atoms with Gasteiger partial charge in [-0.25, -0.2) is 8.42 Å². The lowest BCUT2D eigenvalue weighted by atomic mass is 9.99. The van der Waals surface area contributed by atoms with Crippen LogP contribution in [-0.2, 0) is 14.8 Å². The van der Waals surface area contributed by atoms with E-state index in [9.17, 15) is 13.2 Å². The van der Waals surface area contributed by atoms with Crippen molar-refractivity contribution in [1.82, 2.24) is 4.31 Å². The first-order valence-corrected chi connectivity index (χ1v) is 12.0. The first kappa shape index (κ1) is 21.2. The van der Waals surface area contributed by atoms with Crippen LogP contribution in [0.25, 0.3) is 0 Å². The van der Waals surface area contributed by atoms with Crippen LogP contribution < -0.4 is 5.32 Å². The molecule has 1 fully saturated rings. The molecule has 1 N–H and O–H groups in total. The van der Waals surface area contributed by atoms with Crippen LogP contribution in [0, 0.1) is 5.92 Å². The summed E-state index contributed by atoms with van der Waals surface area (Å²) in [5.74, 6) is 0.388. The largest absolute Gasteiger partial charge is 0.325 e. The zero-order valence-electron chi connectivity index (χ0n) is 15.6. The van der Waals surface area contributed by atoms with Crippen molar-refractivity contribution in [2.24, 2.45) is 5.92 Å². The lowest BCUT2D eigenvalue weighted by Gasteiger charge is -2.31. The van der Waals surface area contributed by atoms with E-state index < -0.39 is 10.0 Å². The highest BCUT2D eigenvalue weighted by molar-refractivity contribution is 7.99. The Labute approximate surface area is 175 Å². The Morgan fingerprint density at radius 3 is 2.64 bits per heavy atom. The molecule has 1 unspecified atom stereocenters. The Hall–Kier alpha value is -1.54. The molecule has 0 spiro atoms. The third kappa shape index (κ3) is 4.89. The van der Waals surface area contributed by atoms with Crippen molar-refractivity contribution in [3.05, 3.63) is 53.6 Å². The summed E-state index contributed by atoms with van der Waals surface area (Å²) in [6.45, 7) is 2.65. The minimum absolute atomic E-state index is 0.139. The van der Waals surface area contributed by atoms with Gasteiger partial charge in [0.25, 0.3) is 0 Å². The number of piperidine rings is 1. The van der Waals surface area contributed by atoms with Crippen molar-refractivity contribution in [3.8, 4) is 0 Å². The zero-order chi connectivity index (χ0) is 20.1. The number of amides is 1. The number of rotatable bonds is 6. The second-order valence-electron chi connectivity index (χ2n) is 6.57. The second-order valence-corrected chi connectivity index (χ2v) is 10.3. The summed E-state index contributed by atoms with van der Waals surface area (Å²) >= 11 is 7.52. The smallest absolute Gasteiger partial charge is 0.243 e.